The summed E-state index contributed by atoms with van der Waals surface area (Å²) in [5.74, 6) is -0.280. The summed E-state index contributed by atoms with van der Waals surface area (Å²) in [6, 6.07) is 5.57. The molecule has 2 N–H and O–H groups in total. The lowest BCUT2D eigenvalue weighted by atomic mass is 9.71. The molecular formula is C18H26ClNO3. The minimum absolute atomic E-state index is 0.0849. The second kappa shape index (κ2) is 8.13. The maximum absolute atomic E-state index is 11.7. The van der Waals surface area contributed by atoms with Gasteiger partial charge >= 0.3 is 5.97 Å². The van der Waals surface area contributed by atoms with E-state index in [1.54, 1.807) is 6.92 Å². The van der Waals surface area contributed by atoms with Gasteiger partial charge in [-0.2, -0.15) is 0 Å². The number of rotatable bonds is 6. The second-order valence-corrected chi connectivity index (χ2v) is 6.57. The molecule has 1 aliphatic heterocycles. The van der Waals surface area contributed by atoms with E-state index in [4.69, 9.17) is 26.8 Å². The zero-order chi connectivity index (χ0) is 16.9. The Balaban J connectivity index is 2.25. The summed E-state index contributed by atoms with van der Waals surface area (Å²) in [6.07, 6.45) is 3.16. The van der Waals surface area contributed by atoms with Crippen LogP contribution in [-0.2, 0) is 19.7 Å². The highest BCUT2D eigenvalue weighted by molar-refractivity contribution is 6.30. The van der Waals surface area contributed by atoms with Gasteiger partial charge in [-0.15, -0.1) is 0 Å². The van der Waals surface area contributed by atoms with Crippen molar-refractivity contribution < 1.29 is 14.3 Å². The van der Waals surface area contributed by atoms with Gasteiger partial charge in [-0.1, -0.05) is 24.6 Å². The summed E-state index contributed by atoms with van der Waals surface area (Å²) < 4.78 is 10.5. The maximum atomic E-state index is 11.7. The number of hydrogen-bond acceptors (Lipinski definition) is 4. The van der Waals surface area contributed by atoms with Gasteiger partial charge in [0, 0.05) is 24.3 Å². The molecule has 0 saturated carbocycles. The second-order valence-electron chi connectivity index (χ2n) is 6.14. The molecular weight excluding hydrogens is 314 g/mol. The number of ether oxygens (including phenoxy) is 2. The quantitative estimate of drug-likeness (QED) is 0.802. The largest absolute Gasteiger partial charge is 0.466 e. The fourth-order valence-electron chi connectivity index (χ4n) is 3.26. The van der Waals surface area contributed by atoms with E-state index in [1.165, 1.54) is 5.56 Å². The third-order valence-corrected chi connectivity index (χ3v) is 5.00. The standard InChI is InChI=1S/C18H26ClNO3/c1-3-18(5-7-22-8-6-18)14-9-13(10-15(19)11-14)16(20)12-17(21)23-4-2/h9-11,16H,3-8,12,20H2,1-2H3/t16-/m0/s1. The van der Waals surface area contributed by atoms with Crippen molar-refractivity contribution in [2.45, 2.75) is 51.0 Å². The van der Waals surface area contributed by atoms with Crippen molar-refractivity contribution in [3.05, 3.63) is 34.3 Å². The molecule has 0 unspecified atom stereocenters. The van der Waals surface area contributed by atoms with Gasteiger partial charge < -0.3 is 15.2 Å². The fraction of sp³-hybridized carbons (Fsp3) is 0.611. The summed E-state index contributed by atoms with van der Waals surface area (Å²) in [4.78, 5) is 11.7. The molecule has 1 aromatic rings. The molecule has 2 rings (SSSR count). The molecule has 23 heavy (non-hydrogen) atoms. The molecule has 1 aliphatic rings. The van der Waals surface area contributed by atoms with Gasteiger partial charge in [0.2, 0.25) is 0 Å². The van der Waals surface area contributed by atoms with Gasteiger partial charge in [0.05, 0.1) is 13.0 Å². The topological polar surface area (TPSA) is 61.5 Å². The van der Waals surface area contributed by atoms with Crippen molar-refractivity contribution in [2.24, 2.45) is 5.73 Å². The Morgan fingerprint density at radius 1 is 1.35 bits per heavy atom. The Morgan fingerprint density at radius 3 is 2.65 bits per heavy atom. The Hall–Kier alpha value is -1.10. The van der Waals surface area contributed by atoms with Crippen LogP contribution in [0, 0.1) is 0 Å². The predicted octanol–water partition coefficient (Wildman–Crippen LogP) is 3.75. The number of hydrogen-bond donors (Lipinski definition) is 1. The number of benzene rings is 1. The monoisotopic (exact) mass is 339 g/mol. The summed E-state index contributed by atoms with van der Waals surface area (Å²) in [6.45, 7) is 5.89. The Bertz CT molecular complexity index is 541. The first-order chi connectivity index (χ1) is 11.0. The van der Waals surface area contributed by atoms with Gasteiger partial charge in [-0.05, 0) is 54.9 Å². The molecule has 0 radical (unpaired) electrons. The van der Waals surface area contributed by atoms with Crippen LogP contribution in [0.1, 0.15) is 56.7 Å². The van der Waals surface area contributed by atoms with Gasteiger partial charge in [-0.3, -0.25) is 4.79 Å². The first-order valence-corrected chi connectivity index (χ1v) is 8.68. The van der Waals surface area contributed by atoms with E-state index in [1.807, 2.05) is 12.1 Å². The molecule has 0 aromatic heterocycles. The minimum Gasteiger partial charge on any atom is -0.466 e. The van der Waals surface area contributed by atoms with Gasteiger partial charge in [-0.25, -0.2) is 0 Å². The molecule has 4 nitrogen and oxygen atoms in total. The van der Waals surface area contributed by atoms with Crippen molar-refractivity contribution in [2.75, 3.05) is 19.8 Å². The van der Waals surface area contributed by atoms with Crippen LogP contribution in [0.15, 0.2) is 18.2 Å². The molecule has 0 spiro atoms. The molecule has 1 aromatic carbocycles. The third kappa shape index (κ3) is 4.46. The first-order valence-electron chi connectivity index (χ1n) is 8.30. The zero-order valence-electron chi connectivity index (χ0n) is 13.9. The number of nitrogens with two attached hydrogens (primary N) is 1. The first kappa shape index (κ1) is 18.2. The number of halogens is 1. The molecule has 1 saturated heterocycles. The third-order valence-electron chi connectivity index (χ3n) is 4.78. The van der Waals surface area contributed by atoms with Crippen molar-refractivity contribution in [1.29, 1.82) is 0 Å². The fourth-order valence-corrected chi connectivity index (χ4v) is 3.50. The molecule has 1 heterocycles. The van der Waals surface area contributed by atoms with E-state index in [-0.39, 0.29) is 17.8 Å². The van der Waals surface area contributed by atoms with Crippen LogP contribution in [0.4, 0.5) is 0 Å². The molecule has 0 bridgehead atoms. The SMILES string of the molecule is CCOC(=O)C[C@H](N)c1cc(Cl)cc(C2(CC)CCOCC2)c1. The van der Waals surface area contributed by atoms with Gasteiger partial charge in [0.25, 0.3) is 0 Å². The summed E-state index contributed by atoms with van der Waals surface area (Å²) in [7, 11) is 0. The summed E-state index contributed by atoms with van der Waals surface area (Å²) in [5.41, 5.74) is 8.37. The average molecular weight is 340 g/mol. The normalized spacial score (nSPS) is 18.4. The molecule has 128 valence electrons. The van der Waals surface area contributed by atoms with E-state index in [0.717, 1.165) is 38.0 Å². The molecule has 1 atom stereocenters. The summed E-state index contributed by atoms with van der Waals surface area (Å²) in [5, 5.41) is 0.663. The highest BCUT2D eigenvalue weighted by Gasteiger charge is 2.33. The minimum atomic E-state index is -0.403. The highest BCUT2D eigenvalue weighted by Crippen LogP contribution is 2.40. The smallest absolute Gasteiger partial charge is 0.307 e. The zero-order valence-corrected chi connectivity index (χ0v) is 14.7. The lowest BCUT2D eigenvalue weighted by Gasteiger charge is -2.37. The van der Waals surface area contributed by atoms with E-state index in [2.05, 4.69) is 13.0 Å². The van der Waals surface area contributed by atoms with Crippen LogP contribution in [0.5, 0.6) is 0 Å². The Morgan fingerprint density at radius 2 is 2.04 bits per heavy atom. The Kier molecular flexibility index (Phi) is 6.45. The van der Waals surface area contributed by atoms with Crippen LogP contribution < -0.4 is 5.73 Å². The summed E-state index contributed by atoms with van der Waals surface area (Å²) >= 11 is 6.33. The van der Waals surface area contributed by atoms with E-state index < -0.39 is 6.04 Å². The van der Waals surface area contributed by atoms with E-state index >= 15 is 0 Å². The lowest BCUT2D eigenvalue weighted by molar-refractivity contribution is -0.143. The molecule has 0 amide bonds. The average Bonchev–Trinajstić information content (AvgIpc) is 2.55. The van der Waals surface area contributed by atoms with Gasteiger partial charge in [0.15, 0.2) is 0 Å². The highest BCUT2D eigenvalue weighted by atomic mass is 35.5. The van der Waals surface area contributed by atoms with Crippen molar-refractivity contribution in [3.8, 4) is 0 Å². The van der Waals surface area contributed by atoms with E-state index in [0.29, 0.717) is 11.6 Å². The van der Waals surface area contributed by atoms with Crippen LogP contribution >= 0.6 is 11.6 Å². The van der Waals surface area contributed by atoms with Crippen molar-refractivity contribution in [3.63, 3.8) is 0 Å². The lowest BCUT2D eigenvalue weighted by Crippen LogP contribution is -2.33. The number of esters is 1. The number of carbonyl (C=O) groups excluding carboxylic acids is 1. The van der Waals surface area contributed by atoms with Crippen LogP contribution in [0.2, 0.25) is 5.02 Å². The van der Waals surface area contributed by atoms with Crippen LogP contribution in [0.25, 0.3) is 0 Å². The molecule has 1 fully saturated rings. The van der Waals surface area contributed by atoms with Crippen LogP contribution in [-0.4, -0.2) is 25.8 Å². The van der Waals surface area contributed by atoms with Crippen molar-refractivity contribution >= 4 is 17.6 Å². The maximum Gasteiger partial charge on any atom is 0.307 e. The van der Waals surface area contributed by atoms with Gasteiger partial charge in [0.1, 0.15) is 0 Å². The van der Waals surface area contributed by atoms with E-state index in [9.17, 15) is 4.79 Å². The Labute approximate surface area is 143 Å². The molecule has 5 heteroatoms. The molecule has 0 aliphatic carbocycles. The van der Waals surface area contributed by atoms with Crippen LogP contribution in [0.3, 0.4) is 0 Å². The number of carbonyl (C=O) groups is 1. The predicted molar refractivity (Wildman–Crippen MR) is 91.7 cm³/mol. The van der Waals surface area contributed by atoms with Crippen molar-refractivity contribution in [1.82, 2.24) is 0 Å².